The van der Waals surface area contributed by atoms with E-state index in [9.17, 15) is 15.8 Å². The fourth-order valence-corrected chi connectivity index (χ4v) is 4.35. The van der Waals surface area contributed by atoms with Crippen molar-refractivity contribution in [3.63, 3.8) is 0 Å². The Labute approximate surface area is 170 Å². The molecule has 1 aliphatic carbocycles. The zero-order valence-corrected chi connectivity index (χ0v) is 16.8. The second kappa shape index (κ2) is 7.87. The Hall–Kier alpha value is -3.47. The minimum atomic E-state index is -1.65. The summed E-state index contributed by atoms with van der Waals surface area (Å²) in [5.74, 6) is 0.343. The summed E-state index contributed by atoms with van der Waals surface area (Å²) < 4.78 is 11.1. The number of nitrogens with two attached hydrogens (primary N) is 1. The Morgan fingerprint density at radius 3 is 2.55 bits per heavy atom. The second-order valence-corrected chi connectivity index (χ2v) is 7.24. The Balaban J connectivity index is 2.28. The highest BCUT2D eigenvalue weighted by Gasteiger charge is 2.54. The van der Waals surface area contributed by atoms with Crippen LogP contribution in [-0.4, -0.2) is 38.8 Å². The Kier molecular flexibility index (Phi) is 5.50. The predicted octanol–water partition coefficient (Wildman–Crippen LogP) is 2.45. The molecule has 0 aromatic heterocycles. The van der Waals surface area contributed by atoms with Crippen molar-refractivity contribution >= 4 is 0 Å². The van der Waals surface area contributed by atoms with E-state index < -0.39 is 11.3 Å². The van der Waals surface area contributed by atoms with Gasteiger partial charge in [-0.1, -0.05) is 12.1 Å². The normalized spacial score (nSPS) is 23.1. The number of benzene rings is 1. The smallest absolute Gasteiger partial charge is 0.191 e. The van der Waals surface area contributed by atoms with E-state index in [0.29, 0.717) is 31.2 Å². The first-order chi connectivity index (χ1) is 14.0. The van der Waals surface area contributed by atoms with Gasteiger partial charge in [-0.2, -0.15) is 15.8 Å². The zero-order chi connectivity index (χ0) is 21.2. The van der Waals surface area contributed by atoms with Crippen LogP contribution >= 0.6 is 0 Å². The maximum absolute atomic E-state index is 10.1. The SMILES string of the molecule is CCOc1ccc([C@@H]2[C@@H]3CN(C)CC=C3C(C#N)=C(N)C2(C#N)C#N)cc1OC. The van der Waals surface area contributed by atoms with E-state index in [1.54, 1.807) is 19.2 Å². The van der Waals surface area contributed by atoms with Crippen LogP contribution in [-0.2, 0) is 0 Å². The highest BCUT2D eigenvalue weighted by molar-refractivity contribution is 5.60. The number of likely N-dealkylation sites (N-methyl/N-ethyl adjacent to an activating group) is 1. The van der Waals surface area contributed by atoms with Crippen molar-refractivity contribution in [2.45, 2.75) is 12.8 Å². The van der Waals surface area contributed by atoms with Gasteiger partial charge in [0.05, 0.1) is 37.1 Å². The van der Waals surface area contributed by atoms with Crippen molar-refractivity contribution < 1.29 is 9.47 Å². The lowest BCUT2D eigenvalue weighted by Gasteiger charge is -2.45. The van der Waals surface area contributed by atoms with Gasteiger partial charge in [0.25, 0.3) is 0 Å². The first kappa shape index (κ1) is 20.3. The largest absolute Gasteiger partial charge is 0.493 e. The lowest BCUT2D eigenvalue weighted by atomic mass is 9.58. The molecule has 0 saturated heterocycles. The molecular weight excluding hydrogens is 366 g/mol. The van der Waals surface area contributed by atoms with Crippen molar-refractivity contribution in [2.75, 3.05) is 33.9 Å². The van der Waals surface area contributed by atoms with Crippen LogP contribution in [0.2, 0.25) is 0 Å². The Morgan fingerprint density at radius 2 is 1.97 bits per heavy atom. The van der Waals surface area contributed by atoms with Crippen molar-refractivity contribution in [2.24, 2.45) is 17.1 Å². The third-order valence-electron chi connectivity index (χ3n) is 5.69. The second-order valence-electron chi connectivity index (χ2n) is 7.24. The van der Waals surface area contributed by atoms with Gasteiger partial charge in [0.15, 0.2) is 16.9 Å². The Bertz CT molecular complexity index is 991. The maximum Gasteiger partial charge on any atom is 0.191 e. The van der Waals surface area contributed by atoms with Gasteiger partial charge in [-0.15, -0.1) is 0 Å². The molecule has 0 unspecified atom stereocenters. The minimum absolute atomic E-state index is 0.0231. The van der Waals surface area contributed by atoms with Gasteiger partial charge in [-0.05, 0) is 37.2 Å². The molecule has 7 heteroatoms. The summed E-state index contributed by atoms with van der Waals surface area (Å²) in [6, 6.07) is 11.8. The summed E-state index contributed by atoms with van der Waals surface area (Å²) in [4.78, 5) is 2.10. The van der Waals surface area contributed by atoms with E-state index >= 15 is 0 Å². The number of ether oxygens (including phenoxy) is 2. The lowest BCUT2D eigenvalue weighted by molar-refractivity contribution is 0.237. The number of methoxy groups -OCH3 is 1. The summed E-state index contributed by atoms with van der Waals surface area (Å²) in [5.41, 5.74) is 6.49. The molecule has 1 heterocycles. The van der Waals surface area contributed by atoms with Gasteiger partial charge in [-0.25, -0.2) is 0 Å². The maximum atomic E-state index is 10.1. The molecule has 2 N–H and O–H groups in total. The van der Waals surface area contributed by atoms with Crippen LogP contribution in [0, 0.1) is 45.3 Å². The highest BCUT2D eigenvalue weighted by atomic mass is 16.5. The first-order valence-corrected chi connectivity index (χ1v) is 9.39. The molecule has 7 nitrogen and oxygen atoms in total. The highest BCUT2D eigenvalue weighted by Crippen LogP contribution is 2.54. The first-order valence-electron chi connectivity index (χ1n) is 9.39. The van der Waals surface area contributed by atoms with E-state index in [-0.39, 0.29) is 17.2 Å². The zero-order valence-electron chi connectivity index (χ0n) is 16.8. The summed E-state index contributed by atoms with van der Waals surface area (Å²) in [5, 5.41) is 29.9. The molecule has 0 spiro atoms. The molecule has 2 atom stereocenters. The predicted molar refractivity (Wildman–Crippen MR) is 106 cm³/mol. The number of rotatable bonds is 4. The summed E-state index contributed by atoms with van der Waals surface area (Å²) in [6.07, 6.45) is 1.97. The number of allylic oxidation sites excluding steroid dienone is 2. The molecule has 0 saturated carbocycles. The van der Waals surface area contributed by atoms with Crippen LogP contribution in [0.4, 0.5) is 0 Å². The van der Waals surface area contributed by atoms with Gasteiger partial charge in [0.2, 0.25) is 0 Å². The van der Waals surface area contributed by atoms with Gasteiger partial charge in [-0.3, -0.25) is 0 Å². The number of nitrogens with zero attached hydrogens (tertiary/aromatic N) is 4. The summed E-state index contributed by atoms with van der Waals surface area (Å²) in [7, 11) is 3.52. The van der Waals surface area contributed by atoms with E-state index in [4.69, 9.17) is 15.2 Å². The molecule has 1 aliphatic heterocycles. The van der Waals surface area contributed by atoms with Gasteiger partial charge in [0, 0.05) is 24.9 Å². The van der Waals surface area contributed by atoms with Gasteiger partial charge in [0.1, 0.15) is 6.07 Å². The molecule has 0 fully saturated rings. The minimum Gasteiger partial charge on any atom is -0.493 e. The molecule has 2 aliphatic rings. The topological polar surface area (TPSA) is 119 Å². The lowest BCUT2D eigenvalue weighted by Crippen LogP contribution is -2.47. The molecule has 3 rings (SSSR count). The van der Waals surface area contributed by atoms with Crippen molar-refractivity contribution in [3.05, 3.63) is 46.7 Å². The fourth-order valence-electron chi connectivity index (χ4n) is 4.35. The van der Waals surface area contributed by atoms with Crippen LogP contribution in [0.1, 0.15) is 18.4 Å². The molecule has 148 valence electrons. The standard InChI is InChI=1S/C22H23N5O2/c1-4-29-18-6-5-14(9-19(18)28-3)20-17-11-27(2)8-7-15(17)16(10-23)21(26)22(20,12-24)13-25/h5-7,9,17,20H,4,8,11,26H2,1-3H3/t17-,20-/m1/s1. The number of hydrogen-bond donors (Lipinski definition) is 1. The molecule has 29 heavy (non-hydrogen) atoms. The third-order valence-corrected chi connectivity index (χ3v) is 5.69. The van der Waals surface area contributed by atoms with Gasteiger partial charge < -0.3 is 20.1 Å². The van der Waals surface area contributed by atoms with Crippen LogP contribution in [0.5, 0.6) is 11.5 Å². The molecule has 1 aromatic rings. The monoisotopic (exact) mass is 389 g/mol. The number of hydrogen-bond acceptors (Lipinski definition) is 7. The van der Waals surface area contributed by atoms with E-state index in [2.05, 4.69) is 23.1 Å². The number of nitriles is 3. The number of fused-ring (bicyclic) bond motifs is 1. The Morgan fingerprint density at radius 1 is 1.24 bits per heavy atom. The third kappa shape index (κ3) is 3.09. The van der Waals surface area contributed by atoms with Crippen LogP contribution in [0.15, 0.2) is 41.1 Å². The van der Waals surface area contributed by atoms with Crippen LogP contribution in [0.25, 0.3) is 0 Å². The average Bonchev–Trinajstić information content (AvgIpc) is 2.74. The van der Waals surface area contributed by atoms with E-state index in [1.165, 1.54) is 0 Å². The molecule has 1 aromatic carbocycles. The van der Waals surface area contributed by atoms with Crippen LogP contribution < -0.4 is 15.2 Å². The van der Waals surface area contributed by atoms with Crippen molar-refractivity contribution in [3.8, 4) is 29.7 Å². The van der Waals surface area contributed by atoms with E-state index in [0.717, 1.165) is 11.1 Å². The summed E-state index contributed by atoms with van der Waals surface area (Å²) >= 11 is 0. The molecule has 0 radical (unpaired) electrons. The quantitative estimate of drug-likeness (QED) is 0.840. The van der Waals surface area contributed by atoms with Crippen molar-refractivity contribution in [1.29, 1.82) is 15.8 Å². The van der Waals surface area contributed by atoms with Crippen molar-refractivity contribution in [1.82, 2.24) is 4.90 Å². The molecule has 0 bridgehead atoms. The molecular formula is C22H23N5O2. The van der Waals surface area contributed by atoms with Gasteiger partial charge >= 0.3 is 0 Å². The average molecular weight is 389 g/mol. The van der Waals surface area contributed by atoms with E-state index in [1.807, 2.05) is 26.1 Å². The van der Waals surface area contributed by atoms with Crippen LogP contribution in [0.3, 0.4) is 0 Å². The molecule has 0 amide bonds. The fraction of sp³-hybridized carbons (Fsp3) is 0.409. The summed E-state index contributed by atoms with van der Waals surface area (Å²) in [6.45, 7) is 3.65.